The molecule has 0 saturated carbocycles. The number of nitriles is 1. The highest BCUT2D eigenvalue weighted by Gasteiger charge is 2.28. The van der Waals surface area contributed by atoms with Crippen molar-refractivity contribution in [3.05, 3.63) is 35.6 Å². The Kier molecular flexibility index (Phi) is 1.11. The lowest BCUT2D eigenvalue weighted by atomic mass is 9.77. The molecule has 0 bridgehead atoms. The van der Waals surface area contributed by atoms with Gasteiger partial charge in [-0.1, -0.05) is 6.07 Å². The first-order chi connectivity index (χ1) is 6.40. The van der Waals surface area contributed by atoms with Gasteiger partial charge in [-0.2, -0.15) is 5.26 Å². The summed E-state index contributed by atoms with van der Waals surface area (Å²) in [6, 6.07) is 8.26. The molecule has 1 aromatic carbocycles. The minimum absolute atomic E-state index is 0.0799. The summed E-state index contributed by atoms with van der Waals surface area (Å²) in [6.07, 6.45) is 2.57. The first-order valence-corrected chi connectivity index (χ1v) is 4.29. The zero-order valence-corrected chi connectivity index (χ0v) is 6.95. The fourth-order valence-corrected chi connectivity index (χ4v) is 2.00. The van der Waals surface area contributed by atoms with Gasteiger partial charge in [0.05, 0.1) is 18.3 Å². The van der Waals surface area contributed by atoms with E-state index >= 15 is 0 Å². The monoisotopic (exact) mass is 169 g/mol. The molecule has 62 valence electrons. The molecule has 1 aliphatic rings. The molecule has 0 fully saturated rings. The van der Waals surface area contributed by atoms with E-state index in [-0.39, 0.29) is 5.92 Å². The number of furan rings is 1. The smallest absolute Gasteiger partial charge is 0.134 e. The largest absolute Gasteiger partial charge is 0.464 e. The van der Waals surface area contributed by atoms with E-state index in [0.29, 0.717) is 0 Å². The second-order valence-corrected chi connectivity index (χ2v) is 3.36. The van der Waals surface area contributed by atoms with Crippen molar-refractivity contribution in [2.75, 3.05) is 0 Å². The predicted octanol–water partition coefficient (Wildman–Crippen LogP) is 2.60. The van der Waals surface area contributed by atoms with E-state index in [2.05, 4.69) is 12.1 Å². The number of nitrogens with zero attached hydrogens (tertiary/aromatic N) is 1. The second kappa shape index (κ2) is 2.14. The molecule has 1 atom stereocenters. The molecule has 2 aromatic rings. The Hall–Kier alpha value is -1.75. The van der Waals surface area contributed by atoms with Gasteiger partial charge in [0.2, 0.25) is 0 Å². The molecule has 1 unspecified atom stereocenters. The van der Waals surface area contributed by atoms with Gasteiger partial charge in [-0.15, -0.1) is 0 Å². The zero-order chi connectivity index (χ0) is 8.84. The molecule has 3 rings (SSSR count). The maximum Gasteiger partial charge on any atom is 0.134 e. The molecule has 2 nitrogen and oxygen atoms in total. The average molecular weight is 169 g/mol. The zero-order valence-electron chi connectivity index (χ0n) is 6.95. The number of hydrogen-bond donors (Lipinski definition) is 0. The van der Waals surface area contributed by atoms with Crippen LogP contribution in [-0.2, 0) is 6.42 Å². The molecule has 1 aromatic heterocycles. The van der Waals surface area contributed by atoms with Crippen LogP contribution in [0.4, 0.5) is 0 Å². The van der Waals surface area contributed by atoms with Crippen LogP contribution in [0.15, 0.2) is 28.9 Å². The molecule has 0 spiro atoms. The van der Waals surface area contributed by atoms with Crippen molar-refractivity contribution in [1.29, 1.82) is 5.26 Å². The molecule has 0 amide bonds. The first kappa shape index (κ1) is 6.73. The van der Waals surface area contributed by atoms with Crippen LogP contribution in [0.3, 0.4) is 0 Å². The third-order valence-corrected chi connectivity index (χ3v) is 2.70. The van der Waals surface area contributed by atoms with E-state index in [1.807, 2.05) is 12.1 Å². The van der Waals surface area contributed by atoms with E-state index < -0.39 is 0 Å². The van der Waals surface area contributed by atoms with Gasteiger partial charge in [-0.3, -0.25) is 0 Å². The Morgan fingerprint density at radius 2 is 2.31 bits per heavy atom. The van der Waals surface area contributed by atoms with Gasteiger partial charge in [0.15, 0.2) is 0 Å². The number of hydrogen-bond acceptors (Lipinski definition) is 2. The molecular formula is C11H7NO. The summed E-state index contributed by atoms with van der Waals surface area (Å²) < 4.78 is 5.27. The van der Waals surface area contributed by atoms with Crippen molar-refractivity contribution < 1.29 is 4.42 Å². The highest BCUT2D eigenvalue weighted by molar-refractivity contribution is 5.85. The fraction of sp³-hybridized carbons (Fsp3) is 0.182. The SMILES string of the molecule is N#CC1Cc2ccc3occc3c21. The molecule has 1 heterocycles. The number of fused-ring (bicyclic) bond motifs is 3. The van der Waals surface area contributed by atoms with E-state index in [0.717, 1.165) is 17.4 Å². The van der Waals surface area contributed by atoms with E-state index in [1.165, 1.54) is 11.1 Å². The first-order valence-electron chi connectivity index (χ1n) is 4.29. The van der Waals surface area contributed by atoms with Crippen LogP contribution in [0.25, 0.3) is 11.0 Å². The minimum atomic E-state index is 0.0799. The van der Waals surface area contributed by atoms with Crippen molar-refractivity contribution in [1.82, 2.24) is 0 Å². The van der Waals surface area contributed by atoms with Crippen LogP contribution in [0.5, 0.6) is 0 Å². The van der Waals surface area contributed by atoms with Crippen molar-refractivity contribution >= 4 is 11.0 Å². The maximum absolute atomic E-state index is 8.85. The fourth-order valence-electron chi connectivity index (χ4n) is 2.00. The Bertz CT molecular complexity index is 518. The summed E-state index contributed by atoms with van der Waals surface area (Å²) in [4.78, 5) is 0. The van der Waals surface area contributed by atoms with E-state index in [4.69, 9.17) is 9.68 Å². The summed E-state index contributed by atoms with van der Waals surface area (Å²) in [5.41, 5.74) is 3.35. The topological polar surface area (TPSA) is 36.9 Å². The van der Waals surface area contributed by atoms with Crippen LogP contribution in [-0.4, -0.2) is 0 Å². The van der Waals surface area contributed by atoms with Crippen molar-refractivity contribution in [2.24, 2.45) is 0 Å². The van der Waals surface area contributed by atoms with Crippen LogP contribution >= 0.6 is 0 Å². The van der Waals surface area contributed by atoms with Gasteiger partial charge in [0.1, 0.15) is 5.58 Å². The summed E-state index contributed by atoms with van der Waals surface area (Å²) in [6.45, 7) is 0. The van der Waals surface area contributed by atoms with Gasteiger partial charge >= 0.3 is 0 Å². The van der Waals surface area contributed by atoms with Crippen LogP contribution in [0.1, 0.15) is 17.0 Å². The molecule has 2 heteroatoms. The molecule has 0 radical (unpaired) electrons. The van der Waals surface area contributed by atoms with Gasteiger partial charge in [0.25, 0.3) is 0 Å². The minimum Gasteiger partial charge on any atom is -0.464 e. The molecule has 0 N–H and O–H groups in total. The lowest BCUT2D eigenvalue weighted by Crippen LogP contribution is -2.15. The normalized spacial score (nSPS) is 19.2. The maximum atomic E-state index is 8.85. The van der Waals surface area contributed by atoms with Crippen molar-refractivity contribution in [2.45, 2.75) is 12.3 Å². The number of rotatable bonds is 0. The molecule has 1 aliphatic carbocycles. The van der Waals surface area contributed by atoms with Crippen molar-refractivity contribution in [3.8, 4) is 6.07 Å². The Balaban J connectivity index is 2.38. The lowest BCUT2D eigenvalue weighted by Gasteiger charge is -2.24. The van der Waals surface area contributed by atoms with Crippen LogP contribution < -0.4 is 0 Å². The number of benzene rings is 1. The second-order valence-electron chi connectivity index (χ2n) is 3.36. The van der Waals surface area contributed by atoms with E-state index in [1.54, 1.807) is 6.26 Å². The summed E-state index contributed by atoms with van der Waals surface area (Å²) in [5, 5.41) is 9.96. The molecule has 0 saturated heterocycles. The predicted molar refractivity (Wildman–Crippen MR) is 48.3 cm³/mol. The highest BCUT2D eigenvalue weighted by atomic mass is 16.3. The Labute approximate surface area is 75.4 Å². The molecule has 0 aliphatic heterocycles. The Morgan fingerprint density at radius 1 is 1.38 bits per heavy atom. The van der Waals surface area contributed by atoms with Gasteiger partial charge in [0, 0.05) is 5.39 Å². The van der Waals surface area contributed by atoms with Gasteiger partial charge in [-0.05, 0) is 29.7 Å². The summed E-state index contributed by atoms with van der Waals surface area (Å²) in [5.74, 6) is 0.0799. The average Bonchev–Trinajstić information content (AvgIpc) is 2.52. The van der Waals surface area contributed by atoms with Gasteiger partial charge in [-0.25, -0.2) is 0 Å². The quantitative estimate of drug-likeness (QED) is 0.607. The molecule has 13 heavy (non-hydrogen) atoms. The lowest BCUT2D eigenvalue weighted by molar-refractivity contribution is 0.614. The Morgan fingerprint density at radius 3 is 3.15 bits per heavy atom. The summed E-state index contributed by atoms with van der Waals surface area (Å²) in [7, 11) is 0. The van der Waals surface area contributed by atoms with Crippen LogP contribution in [0, 0.1) is 11.3 Å². The third kappa shape index (κ3) is 0.714. The van der Waals surface area contributed by atoms with Gasteiger partial charge < -0.3 is 4.42 Å². The van der Waals surface area contributed by atoms with E-state index in [9.17, 15) is 0 Å². The summed E-state index contributed by atoms with van der Waals surface area (Å²) >= 11 is 0. The van der Waals surface area contributed by atoms with Crippen LogP contribution in [0.2, 0.25) is 0 Å². The third-order valence-electron chi connectivity index (χ3n) is 2.70. The highest BCUT2D eigenvalue weighted by Crippen LogP contribution is 2.40. The van der Waals surface area contributed by atoms with Crippen molar-refractivity contribution in [3.63, 3.8) is 0 Å². The standard InChI is InChI=1S/C11H7NO/c12-6-8-5-7-1-2-10-9(11(7)8)3-4-13-10/h1-4,8H,5H2. The molecular weight excluding hydrogens is 162 g/mol.